The minimum atomic E-state index is -0.314. The predicted molar refractivity (Wildman–Crippen MR) is 84.8 cm³/mol. The Morgan fingerprint density at radius 3 is 2.80 bits per heavy atom. The van der Waals surface area contributed by atoms with Crippen molar-refractivity contribution in [1.29, 1.82) is 0 Å². The van der Waals surface area contributed by atoms with Crippen molar-refractivity contribution in [3.8, 4) is 0 Å². The average molecular weight is 400 g/mol. The zero-order valence-electron chi connectivity index (χ0n) is 10.9. The number of aryl methyl sites for hydroxylation is 2. The maximum atomic E-state index is 12.0. The van der Waals surface area contributed by atoms with Gasteiger partial charge in [0.15, 0.2) is 0 Å². The molecule has 1 N–H and O–H groups in total. The number of carbonyl (C=O) groups excluding carboxylic acids is 1. The van der Waals surface area contributed by atoms with Crippen LogP contribution in [0.3, 0.4) is 0 Å². The molecule has 7 heteroatoms. The number of nitrogens with zero attached hydrogens (tertiary/aromatic N) is 3. The summed E-state index contributed by atoms with van der Waals surface area (Å²) in [6, 6.07) is 7.62. The van der Waals surface area contributed by atoms with Gasteiger partial charge in [-0.25, -0.2) is 5.43 Å². The SMILES string of the molecule is Cc1nn(C)c(C(=O)N/N=C\c2cccc(Br)c2)c1Br. The lowest BCUT2D eigenvalue weighted by Crippen LogP contribution is -2.21. The summed E-state index contributed by atoms with van der Waals surface area (Å²) in [6.45, 7) is 1.83. The minimum Gasteiger partial charge on any atom is -0.266 e. The normalized spacial score (nSPS) is 11.0. The number of benzene rings is 1. The van der Waals surface area contributed by atoms with Gasteiger partial charge in [-0.05, 0) is 40.5 Å². The van der Waals surface area contributed by atoms with Gasteiger partial charge < -0.3 is 0 Å². The van der Waals surface area contributed by atoms with Crippen LogP contribution in [0.4, 0.5) is 0 Å². The monoisotopic (exact) mass is 398 g/mol. The van der Waals surface area contributed by atoms with Crippen molar-refractivity contribution < 1.29 is 4.79 Å². The first-order valence-electron chi connectivity index (χ1n) is 5.77. The van der Waals surface area contributed by atoms with E-state index in [0.717, 1.165) is 15.7 Å². The van der Waals surface area contributed by atoms with Crippen LogP contribution >= 0.6 is 31.9 Å². The smallest absolute Gasteiger partial charge is 0.266 e. The maximum Gasteiger partial charge on any atom is 0.290 e. The zero-order chi connectivity index (χ0) is 14.7. The van der Waals surface area contributed by atoms with Crippen LogP contribution in [-0.4, -0.2) is 21.9 Å². The number of rotatable bonds is 3. The molecule has 2 rings (SSSR count). The Kier molecular flexibility index (Phi) is 4.72. The molecule has 0 atom stereocenters. The number of aromatic nitrogens is 2. The van der Waals surface area contributed by atoms with Crippen LogP contribution in [-0.2, 0) is 7.05 Å². The Morgan fingerprint density at radius 2 is 2.20 bits per heavy atom. The van der Waals surface area contributed by atoms with Crippen molar-refractivity contribution in [2.24, 2.45) is 12.1 Å². The molecule has 0 saturated heterocycles. The van der Waals surface area contributed by atoms with Crippen LogP contribution in [0.2, 0.25) is 0 Å². The highest BCUT2D eigenvalue weighted by Crippen LogP contribution is 2.19. The van der Waals surface area contributed by atoms with Crippen molar-refractivity contribution in [2.45, 2.75) is 6.92 Å². The summed E-state index contributed by atoms with van der Waals surface area (Å²) in [5, 5.41) is 8.10. The molecule has 1 heterocycles. The summed E-state index contributed by atoms with van der Waals surface area (Å²) >= 11 is 6.72. The second kappa shape index (κ2) is 6.32. The molecule has 1 aromatic heterocycles. The van der Waals surface area contributed by atoms with E-state index in [4.69, 9.17) is 0 Å². The fourth-order valence-corrected chi connectivity index (χ4v) is 2.62. The topological polar surface area (TPSA) is 59.3 Å². The van der Waals surface area contributed by atoms with E-state index < -0.39 is 0 Å². The van der Waals surface area contributed by atoms with E-state index in [2.05, 4.69) is 47.5 Å². The molecule has 20 heavy (non-hydrogen) atoms. The lowest BCUT2D eigenvalue weighted by Gasteiger charge is -2.01. The van der Waals surface area contributed by atoms with Gasteiger partial charge in [-0.15, -0.1) is 0 Å². The van der Waals surface area contributed by atoms with Crippen LogP contribution in [0.5, 0.6) is 0 Å². The quantitative estimate of drug-likeness (QED) is 0.637. The van der Waals surface area contributed by atoms with Gasteiger partial charge in [-0.1, -0.05) is 28.1 Å². The fourth-order valence-electron chi connectivity index (χ4n) is 1.68. The zero-order valence-corrected chi connectivity index (χ0v) is 14.1. The summed E-state index contributed by atoms with van der Waals surface area (Å²) in [4.78, 5) is 12.0. The highest BCUT2D eigenvalue weighted by atomic mass is 79.9. The molecule has 1 amide bonds. The molecule has 0 aliphatic carbocycles. The van der Waals surface area contributed by atoms with E-state index in [1.54, 1.807) is 13.3 Å². The molecular weight excluding hydrogens is 388 g/mol. The van der Waals surface area contributed by atoms with Gasteiger partial charge >= 0.3 is 0 Å². The standard InChI is InChI=1S/C13H12Br2N4O/c1-8-11(15)12(19(2)18-8)13(20)17-16-7-9-4-3-5-10(14)6-9/h3-7H,1-2H3,(H,17,20)/b16-7-. The van der Waals surface area contributed by atoms with Gasteiger partial charge in [0, 0.05) is 11.5 Å². The van der Waals surface area contributed by atoms with E-state index in [1.807, 2.05) is 31.2 Å². The van der Waals surface area contributed by atoms with E-state index in [9.17, 15) is 4.79 Å². The number of hydrogen-bond acceptors (Lipinski definition) is 3. The number of amides is 1. The van der Waals surface area contributed by atoms with Crippen LogP contribution in [0.25, 0.3) is 0 Å². The number of hydrazone groups is 1. The Labute approximate surface area is 133 Å². The molecule has 0 aliphatic rings. The largest absolute Gasteiger partial charge is 0.290 e. The first-order chi connectivity index (χ1) is 9.49. The number of halogens is 2. The lowest BCUT2D eigenvalue weighted by molar-refractivity contribution is 0.0945. The average Bonchev–Trinajstić information content (AvgIpc) is 2.63. The highest BCUT2D eigenvalue weighted by molar-refractivity contribution is 9.10. The second-order valence-corrected chi connectivity index (χ2v) is 5.83. The summed E-state index contributed by atoms with van der Waals surface area (Å²) in [5.74, 6) is -0.314. The van der Waals surface area contributed by atoms with Crippen molar-refractivity contribution in [2.75, 3.05) is 0 Å². The van der Waals surface area contributed by atoms with Crippen LogP contribution in [0, 0.1) is 6.92 Å². The third kappa shape index (κ3) is 3.34. The second-order valence-electron chi connectivity index (χ2n) is 4.13. The van der Waals surface area contributed by atoms with Crippen LogP contribution in [0.15, 0.2) is 38.3 Å². The summed E-state index contributed by atoms with van der Waals surface area (Å²) in [6.07, 6.45) is 1.58. The summed E-state index contributed by atoms with van der Waals surface area (Å²) < 4.78 is 3.15. The van der Waals surface area contributed by atoms with Gasteiger partial charge in [0.1, 0.15) is 5.69 Å². The van der Waals surface area contributed by atoms with Crippen molar-refractivity contribution >= 4 is 44.0 Å². The Balaban J connectivity index is 2.09. The highest BCUT2D eigenvalue weighted by Gasteiger charge is 2.17. The van der Waals surface area contributed by atoms with E-state index in [-0.39, 0.29) is 5.91 Å². The molecule has 0 saturated carbocycles. The fraction of sp³-hybridized carbons (Fsp3) is 0.154. The van der Waals surface area contributed by atoms with Crippen LogP contribution in [0.1, 0.15) is 21.7 Å². The first-order valence-corrected chi connectivity index (χ1v) is 7.35. The third-order valence-electron chi connectivity index (χ3n) is 2.59. The summed E-state index contributed by atoms with van der Waals surface area (Å²) in [5.41, 5.74) is 4.57. The molecule has 2 aromatic rings. The lowest BCUT2D eigenvalue weighted by atomic mass is 10.2. The predicted octanol–water partition coefficient (Wildman–Crippen LogP) is 3.02. The molecule has 5 nitrogen and oxygen atoms in total. The minimum absolute atomic E-state index is 0.314. The molecule has 0 fully saturated rings. The number of carbonyl (C=O) groups is 1. The van der Waals surface area contributed by atoms with Crippen molar-refractivity contribution in [3.63, 3.8) is 0 Å². The molecule has 1 aromatic carbocycles. The van der Waals surface area contributed by atoms with E-state index >= 15 is 0 Å². The third-order valence-corrected chi connectivity index (χ3v) is 4.04. The van der Waals surface area contributed by atoms with E-state index in [0.29, 0.717) is 10.2 Å². The van der Waals surface area contributed by atoms with Crippen molar-refractivity contribution in [1.82, 2.24) is 15.2 Å². The summed E-state index contributed by atoms with van der Waals surface area (Å²) in [7, 11) is 1.71. The van der Waals surface area contributed by atoms with Crippen LogP contribution < -0.4 is 5.43 Å². The van der Waals surface area contributed by atoms with Gasteiger partial charge in [0.2, 0.25) is 0 Å². The molecule has 0 radical (unpaired) electrons. The number of hydrogen-bond donors (Lipinski definition) is 1. The maximum absolute atomic E-state index is 12.0. The van der Waals surface area contributed by atoms with Gasteiger partial charge in [-0.3, -0.25) is 9.48 Å². The Hall–Kier alpha value is -1.47. The molecule has 0 spiro atoms. The molecule has 0 aliphatic heterocycles. The Morgan fingerprint density at radius 1 is 1.45 bits per heavy atom. The molecule has 104 valence electrons. The van der Waals surface area contributed by atoms with Gasteiger partial charge in [0.05, 0.1) is 16.4 Å². The Bertz CT molecular complexity index is 679. The first kappa shape index (κ1) is 14.9. The van der Waals surface area contributed by atoms with Gasteiger partial charge in [-0.2, -0.15) is 10.2 Å². The molecular formula is C13H12Br2N4O. The van der Waals surface area contributed by atoms with E-state index in [1.165, 1.54) is 4.68 Å². The molecule has 0 unspecified atom stereocenters. The van der Waals surface area contributed by atoms with Crippen molar-refractivity contribution in [3.05, 3.63) is 50.2 Å². The number of nitrogens with one attached hydrogen (secondary N) is 1. The molecule has 0 bridgehead atoms. The van der Waals surface area contributed by atoms with Gasteiger partial charge in [0.25, 0.3) is 5.91 Å².